The van der Waals surface area contributed by atoms with Gasteiger partial charge < -0.3 is 5.32 Å². The van der Waals surface area contributed by atoms with Gasteiger partial charge in [-0.3, -0.25) is 4.79 Å². The monoisotopic (exact) mass is 325 g/mol. The summed E-state index contributed by atoms with van der Waals surface area (Å²) in [5.41, 5.74) is 0.125. The SMILES string of the molecule is O=C(NCC(C1CC1)C1CC1)c1cc(Br)ccc1F. The smallest absolute Gasteiger partial charge is 0.254 e. The predicted octanol–water partition coefficient (Wildman–Crippen LogP) is 3.75. The van der Waals surface area contributed by atoms with E-state index in [-0.39, 0.29) is 11.5 Å². The Bertz CT molecular complexity index is 485. The third-order valence-corrected chi connectivity index (χ3v) is 4.62. The molecule has 2 nitrogen and oxygen atoms in total. The molecule has 1 amide bonds. The molecule has 0 saturated heterocycles. The van der Waals surface area contributed by atoms with Crippen LogP contribution in [0.5, 0.6) is 0 Å². The molecule has 4 heteroatoms. The van der Waals surface area contributed by atoms with Crippen LogP contribution in [-0.4, -0.2) is 12.5 Å². The first kappa shape index (κ1) is 13.1. The van der Waals surface area contributed by atoms with Gasteiger partial charge in [0.1, 0.15) is 5.82 Å². The summed E-state index contributed by atoms with van der Waals surface area (Å²) in [6.45, 7) is 0.695. The molecule has 102 valence electrons. The summed E-state index contributed by atoms with van der Waals surface area (Å²) in [4.78, 5) is 12.0. The number of hydrogen-bond donors (Lipinski definition) is 1. The van der Waals surface area contributed by atoms with Crippen molar-refractivity contribution >= 4 is 21.8 Å². The van der Waals surface area contributed by atoms with Gasteiger partial charge in [-0.15, -0.1) is 0 Å². The molecule has 2 saturated carbocycles. The summed E-state index contributed by atoms with van der Waals surface area (Å²) in [6, 6.07) is 4.45. The zero-order valence-electron chi connectivity index (χ0n) is 10.7. The van der Waals surface area contributed by atoms with E-state index in [9.17, 15) is 9.18 Å². The summed E-state index contributed by atoms with van der Waals surface area (Å²) in [7, 11) is 0. The molecule has 2 aliphatic rings. The van der Waals surface area contributed by atoms with Crippen LogP contribution >= 0.6 is 15.9 Å². The molecule has 0 radical (unpaired) electrons. The van der Waals surface area contributed by atoms with E-state index in [1.165, 1.54) is 37.8 Å². The van der Waals surface area contributed by atoms with Crippen molar-refractivity contribution in [2.75, 3.05) is 6.54 Å². The van der Waals surface area contributed by atoms with Gasteiger partial charge in [0, 0.05) is 11.0 Å². The standard InChI is InChI=1S/C15H17BrFNO/c16-11-5-6-14(17)12(7-11)15(19)18-8-13(9-1-2-9)10-3-4-10/h5-7,9-10,13H,1-4,8H2,(H,18,19). The lowest BCUT2D eigenvalue weighted by Gasteiger charge is -2.16. The molecule has 0 heterocycles. The van der Waals surface area contributed by atoms with Crippen LogP contribution in [0.3, 0.4) is 0 Å². The van der Waals surface area contributed by atoms with E-state index in [1.807, 2.05) is 0 Å². The number of nitrogens with one attached hydrogen (secondary N) is 1. The summed E-state index contributed by atoms with van der Waals surface area (Å²) < 4.78 is 14.3. The van der Waals surface area contributed by atoms with Crippen LogP contribution in [0.4, 0.5) is 4.39 Å². The van der Waals surface area contributed by atoms with Crippen molar-refractivity contribution in [2.24, 2.45) is 17.8 Å². The fourth-order valence-electron chi connectivity index (χ4n) is 2.74. The summed E-state index contributed by atoms with van der Waals surface area (Å²) in [6.07, 6.45) is 5.18. The lowest BCUT2D eigenvalue weighted by Crippen LogP contribution is -2.31. The third-order valence-electron chi connectivity index (χ3n) is 4.13. The number of halogens is 2. The minimum absolute atomic E-state index is 0.125. The summed E-state index contributed by atoms with van der Waals surface area (Å²) in [5, 5.41) is 2.91. The van der Waals surface area contributed by atoms with E-state index in [1.54, 1.807) is 6.07 Å². The summed E-state index contributed by atoms with van der Waals surface area (Å²) in [5.74, 6) is 1.43. The topological polar surface area (TPSA) is 29.1 Å². The Labute approximate surface area is 120 Å². The fourth-order valence-corrected chi connectivity index (χ4v) is 3.11. The van der Waals surface area contributed by atoms with Crippen LogP contribution in [0.15, 0.2) is 22.7 Å². The molecule has 0 aliphatic heterocycles. The van der Waals surface area contributed by atoms with Crippen molar-refractivity contribution in [1.29, 1.82) is 0 Å². The van der Waals surface area contributed by atoms with Crippen LogP contribution in [0, 0.1) is 23.6 Å². The molecule has 1 aromatic carbocycles. The number of carbonyl (C=O) groups excluding carboxylic acids is 1. The van der Waals surface area contributed by atoms with Crippen LogP contribution in [0.25, 0.3) is 0 Å². The van der Waals surface area contributed by atoms with Crippen molar-refractivity contribution < 1.29 is 9.18 Å². The number of benzene rings is 1. The molecule has 2 fully saturated rings. The Morgan fingerprint density at radius 1 is 1.32 bits per heavy atom. The normalized spacial score (nSPS) is 18.7. The van der Waals surface area contributed by atoms with E-state index in [2.05, 4.69) is 21.2 Å². The lowest BCUT2D eigenvalue weighted by molar-refractivity contribution is 0.0939. The van der Waals surface area contributed by atoms with Crippen molar-refractivity contribution in [2.45, 2.75) is 25.7 Å². The second-order valence-corrected chi connectivity index (χ2v) is 6.59. The van der Waals surface area contributed by atoms with Gasteiger partial charge in [0.25, 0.3) is 5.91 Å². The Kier molecular flexibility index (Phi) is 3.61. The maximum atomic E-state index is 13.6. The minimum atomic E-state index is -0.463. The van der Waals surface area contributed by atoms with E-state index in [0.29, 0.717) is 12.5 Å². The van der Waals surface area contributed by atoms with Crippen molar-refractivity contribution in [3.8, 4) is 0 Å². The van der Waals surface area contributed by atoms with Crippen molar-refractivity contribution in [1.82, 2.24) is 5.32 Å². The van der Waals surface area contributed by atoms with E-state index < -0.39 is 5.82 Å². The third kappa shape index (κ3) is 3.16. The quantitative estimate of drug-likeness (QED) is 0.877. The first-order chi connectivity index (χ1) is 9.15. The number of carbonyl (C=O) groups is 1. The van der Waals surface area contributed by atoms with Gasteiger partial charge in [-0.1, -0.05) is 15.9 Å². The van der Waals surface area contributed by atoms with Crippen molar-refractivity contribution in [3.05, 3.63) is 34.1 Å². The van der Waals surface area contributed by atoms with Gasteiger partial charge in [0.2, 0.25) is 0 Å². The Balaban J connectivity index is 1.62. The highest BCUT2D eigenvalue weighted by molar-refractivity contribution is 9.10. The van der Waals surface area contributed by atoms with E-state index in [4.69, 9.17) is 0 Å². The van der Waals surface area contributed by atoms with E-state index >= 15 is 0 Å². The average Bonchev–Trinajstić information content (AvgIpc) is 3.25. The molecule has 0 bridgehead atoms. The maximum absolute atomic E-state index is 13.6. The zero-order chi connectivity index (χ0) is 13.4. The minimum Gasteiger partial charge on any atom is -0.352 e. The predicted molar refractivity (Wildman–Crippen MR) is 75.4 cm³/mol. The van der Waals surface area contributed by atoms with Gasteiger partial charge >= 0.3 is 0 Å². The maximum Gasteiger partial charge on any atom is 0.254 e. The molecule has 0 atom stereocenters. The molecule has 0 unspecified atom stereocenters. The highest BCUT2D eigenvalue weighted by atomic mass is 79.9. The zero-order valence-corrected chi connectivity index (χ0v) is 12.2. The second-order valence-electron chi connectivity index (χ2n) is 5.67. The Morgan fingerprint density at radius 3 is 2.53 bits per heavy atom. The molecular formula is C15H17BrFNO. The molecule has 19 heavy (non-hydrogen) atoms. The number of hydrogen-bond acceptors (Lipinski definition) is 1. The largest absolute Gasteiger partial charge is 0.352 e. The molecule has 0 spiro atoms. The van der Waals surface area contributed by atoms with E-state index in [0.717, 1.165) is 16.3 Å². The van der Waals surface area contributed by atoms with Gasteiger partial charge in [-0.25, -0.2) is 4.39 Å². The van der Waals surface area contributed by atoms with Crippen LogP contribution in [-0.2, 0) is 0 Å². The molecule has 3 rings (SSSR count). The van der Waals surface area contributed by atoms with Crippen molar-refractivity contribution in [3.63, 3.8) is 0 Å². The molecule has 1 aromatic rings. The van der Waals surface area contributed by atoms with Gasteiger partial charge in [-0.05, 0) is 61.6 Å². The molecule has 1 N–H and O–H groups in total. The Hall–Kier alpha value is -0.900. The van der Waals surface area contributed by atoms with Crippen LogP contribution in [0.2, 0.25) is 0 Å². The highest BCUT2D eigenvalue weighted by Gasteiger charge is 2.41. The first-order valence-corrected chi connectivity index (χ1v) is 7.67. The highest BCUT2D eigenvalue weighted by Crippen LogP contribution is 2.48. The molecule has 2 aliphatic carbocycles. The van der Waals surface area contributed by atoms with Crippen LogP contribution in [0.1, 0.15) is 36.0 Å². The van der Waals surface area contributed by atoms with Crippen LogP contribution < -0.4 is 5.32 Å². The first-order valence-electron chi connectivity index (χ1n) is 6.88. The fraction of sp³-hybridized carbons (Fsp3) is 0.533. The number of rotatable bonds is 5. The molecule has 0 aromatic heterocycles. The Morgan fingerprint density at radius 2 is 1.95 bits per heavy atom. The van der Waals surface area contributed by atoms with Gasteiger partial charge in [0.05, 0.1) is 5.56 Å². The number of amides is 1. The lowest BCUT2D eigenvalue weighted by atomic mass is 9.98. The summed E-state index contributed by atoms with van der Waals surface area (Å²) >= 11 is 3.26. The molecular weight excluding hydrogens is 309 g/mol. The van der Waals surface area contributed by atoms with Gasteiger partial charge in [-0.2, -0.15) is 0 Å². The van der Waals surface area contributed by atoms with Gasteiger partial charge in [0.15, 0.2) is 0 Å². The second kappa shape index (κ2) is 5.23. The average molecular weight is 326 g/mol.